The van der Waals surface area contributed by atoms with Gasteiger partial charge in [-0.2, -0.15) is 0 Å². The van der Waals surface area contributed by atoms with E-state index in [1.54, 1.807) is 22.7 Å². The minimum Gasteiger partial charge on any atom is -0.353 e. The number of halogens is 1. The van der Waals surface area contributed by atoms with Crippen LogP contribution in [-0.4, -0.2) is 46.3 Å². The minimum atomic E-state index is 0.751. The van der Waals surface area contributed by atoms with Crippen molar-refractivity contribution in [3.05, 3.63) is 69.4 Å². The summed E-state index contributed by atoms with van der Waals surface area (Å²) in [6, 6.07) is 12.2. The predicted molar refractivity (Wildman–Crippen MR) is 133 cm³/mol. The first-order valence-electron chi connectivity index (χ1n) is 10.5. The second kappa shape index (κ2) is 9.13. The highest BCUT2D eigenvalue weighted by Crippen LogP contribution is 2.32. The lowest BCUT2D eigenvalue weighted by atomic mass is 10.0. The Labute approximate surface area is 200 Å². The summed E-state index contributed by atoms with van der Waals surface area (Å²) in [6.07, 6.45) is 0.791. The lowest BCUT2D eigenvalue weighted by molar-refractivity contribution is 0.639. The van der Waals surface area contributed by atoms with E-state index < -0.39 is 0 Å². The van der Waals surface area contributed by atoms with E-state index in [1.165, 1.54) is 16.0 Å². The molecule has 0 atom stereocenters. The molecule has 4 heterocycles. The van der Waals surface area contributed by atoms with Gasteiger partial charge in [0.25, 0.3) is 0 Å². The third-order valence-electron chi connectivity index (χ3n) is 5.59. The summed E-state index contributed by atoms with van der Waals surface area (Å²) in [5.41, 5.74) is 3.43. The molecule has 1 aliphatic heterocycles. The zero-order chi connectivity index (χ0) is 22.1. The van der Waals surface area contributed by atoms with Crippen molar-refractivity contribution in [2.24, 2.45) is 0 Å². The normalized spacial score (nSPS) is 14.2. The maximum Gasteiger partial charge on any atom is 0.208 e. The number of anilines is 2. The molecule has 0 saturated carbocycles. The van der Waals surface area contributed by atoms with Crippen molar-refractivity contribution in [2.75, 3.05) is 36.0 Å². The molecule has 4 aromatic rings. The van der Waals surface area contributed by atoms with Crippen molar-refractivity contribution >= 4 is 45.2 Å². The fourth-order valence-electron chi connectivity index (χ4n) is 3.95. The van der Waals surface area contributed by atoms with Gasteiger partial charge in [-0.25, -0.2) is 9.97 Å². The average Bonchev–Trinajstić information content (AvgIpc) is 3.49. The second-order valence-corrected chi connectivity index (χ2v) is 10.1. The van der Waals surface area contributed by atoms with E-state index in [4.69, 9.17) is 16.6 Å². The fraction of sp³-hybridized carbons (Fsp3) is 0.304. The predicted octanol–water partition coefficient (Wildman–Crippen LogP) is 5.24. The molecule has 0 bridgehead atoms. The average molecular weight is 483 g/mol. The van der Waals surface area contributed by atoms with E-state index in [1.807, 2.05) is 25.1 Å². The molecule has 1 aromatic carbocycles. The van der Waals surface area contributed by atoms with E-state index >= 15 is 0 Å². The van der Waals surface area contributed by atoms with Crippen molar-refractivity contribution in [3.63, 3.8) is 0 Å². The molecule has 1 aliphatic rings. The molecule has 1 fully saturated rings. The number of benzene rings is 1. The molecule has 0 unspecified atom stereocenters. The topological polar surface area (TPSA) is 58.0 Å². The highest BCUT2D eigenvalue weighted by molar-refractivity contribution is 7.22. The number of aryl methyl sites for hydroxylation is 2. The third kappa shape index (κ3) is 4.48. The smallest absolute Gasteiger partial charge is 0.208 e. The minimum absolute atomic E-state index is 0.751. The third-order valence-corrected chi connectivity index (χ3v) is 7.87. The summed E-state index contributed by atoms with van der Waals surface area (Å²) in [5, 5.41) is 13.6. The highest BCUT2D eigenvalue weighted by atomic mass is 35.5. The summed E-state index contributed by atoms with van der Waals surface area (Å²) in [4.78, 5) is 15.4. The second-order valence-electron chi connectivity index (χ2n) is 7.80. The number of nitrogens with zero attached hydrogens (tertiary/aromatic N) is 6. The molecule has 164 valence electrons. The first kappa shape index (κ1) is 21.3. The fourth-order valence-corrected chi connectivity index (χ4v) is 5.76. The van der Waals surface area contributed by atoms with Crippen LogP contribution in [0.3, 0.4) is 0 Å². The maximum atomic E-state index is 6.07. The molecule has 9 heteroatoms. The van der Waals surface area contributed by atoms with Crippen molar-refractivity contribution in [2.45, 2.75) is 20.3 Å². The summed E-state index contributed by atoms with van der Waals surface area (Å²) in [7, 11) is 0. The van der Waals surface area contributed by atoms with Crippen molar-refractivity contribution < 1.29 is 0 Å². The number of piperazine rings is 1. The molecule has 0 radical (unpaired) electrons. The van der Waals surface area contributed by atoms with Gasteiger partial charge < -0.3 is 9.80 Å². The van der Waals surface area contributed by atoms with Crippen LogP contribution in [0.4, 0.5) is 10.9 Å². The van der Waals surface area contributed by atoms with Gasteiger partial charge >= 0.3 is 0 Å². The standard InChI is InChI=1S/C23H23ClN6S2/c1-15-19(14-17-5-7-18(24)8-6-17)21(26-16(2)25-15)29-9-11-30(12-10-29)23-28-27-22(32-23)20-4-3-13-31-20/h3-8,13H,9-12,14H2,1-2H3. The van der Waals surface area contributed by atoms with E-state index in [-0.39, 0.29) is 0 Å². The number of thiophene rings is 1. The Kier molecular flexibility index (Phi) is 6.08. The lowest BCUT2D eigenvalue weighted by Crippen LogP contribution is -2.47. The molecule has 5 rings (SSSR count). The zero-order valence-electron chi connectivity index (χ0n) is 18.0. The Morgan fingerprint density at radius 2 is 1.69 bits per heavy atom. The lowest BCUT2D eigenvalue weighted by Gasteiger charge is -2.36. The molecule has 32 heavy (non-hydrogen) atoms. The molecular formula is C23H23ClN6S2. The largest absolute Gasteiger partial charge is 0.353 e. The number of hydrogen-bond acceptors (Lipinski definition) is 8. The van der Waals surface area contributed by atoms with Crippen molar-refractivity contribution in [1.29, 1.82) is 0 Å². The first-order chi connectivity index (χ1) is 15.6. The summed E-state index contributed by atoms with van der Waals surface area (Å²) in [5.74, 6) is 1.85. The van der Waals surface area contributed by atoms with Crippen LogP contribution in [0.15, 0.2) is 41.8 Å². The number of hydrogen-bond donors (Lipinski definition) is 0. The van der Waals surface area contributed by atoms with Crippen molar-refractivity contribution in [1.82, 2.24) is 20.2 Å². The van der Waals surface area contributed by atoms with Crippen LogP contribution >= 0.6 is 34.3 Å². The van der Waals surface area contributed by atoms with Crippen LogP contribution < -0.4 is 9.80 Å². The van der Waals surface area contributed by atoms with Gasteiger partial charge in [0.2, 0.25) is 5.13 Å². The van der Waals surface area contributed by atoms with E-state index in [2.05, 4.69) is 55.5 Å². The van der Waals surface area contributed by atoms with Gasteiger partial charge in [0, 0.05) is 48.9 Å². The first-order valence-corrected chi connectivity index (χ1v) is 12.6. The summed E-state index contributed by atoms with van der Waals surface area (Å²) < 4.78 is 0. The summed E-state index contributed by atoms with van der Waals surface area (Å²) >= 11 is 9.43. The molecule has 0 amide bonds. The monoisotopic (exact) mass is 482 g/mol. The molecule has 0 spiro atoms. The van der Waals surface area contributed by atoms with Crippen LogP contribution in [0, 0.1) is 13.8 Å². The highest BCUT2D eigenvalue weighted by Gasteiger charge is 2.24. The van der Waals surface area contributed by atoms with Gasteiger partial charge in [-0.3, -0.25) is 0 Å². The van der Waals surface area contributed by atoms with E-state index in [0.29, 0.717) is 0 Å². The molecule has 1 saturated heterocycles. The van der Waals surface area contributed by atoms with Crippen LogP contribution in [-0.2, 0) is 6.42 Å². The molecular weight excluding hydrogens is 460 g/mol. The molecule has 0 aliphatic carbocycles. The van der Waals surface area contributed by atoms with Crippen LogP contribution in [0.2, 0.25) is 5.02 Å². The van der Waals surface area contributed by atoms with Gasteiger partial charge in [-0.15, -0.1) is 21.5 Å². The Bertz CT molecular complexity index is 1200. The van der Waals surface area contributed by atoms with Crippen molar-refractivity contribution in [3.8, 4) is 9.88 Å². The number of aromatic nitrogens is 4. The molecule has 3 aromatic heterocycles. The maximum absolute atomic E-state index is 6.07. The Balaban J connectivity index is 1.33. The Hall–Kier alpha value is -2.55. The quantitative estimate of drug-likeness (QED) is 0.387. The van der Waals surface area contributed by atoms with E-state index in [9.17, 15) is 0 Å². The molecule has 0 N–H and O–H groups in total. The Morgan fingerprint density at radius 3 is 2.41 bits per heavy atom. The SMILES string of the molecule is Cc1nc(C)c(Cc2ccc(Cl)cc2)c(N2CCN(c3nnc(-c4cccs4)s3)CC2)n1. The van der Waals surface area contributed by atoms with E-state index in [0.717, 1.165) is 65.1 Å². The van der Waals surface area contributed by atoms with Gasteiger partial charge in [0.05, 0.1) is 4.88 Å². The van der Waals surface area contributed by atoms with Gasteiger partial charge in [0.15, 0.2) is 5.01 Å². The Morgan fingerprint density at radius 1 is 0.938 bits per heavy atom. The van der Waals surface area contributed by atoms with Crippen LogP contribution in [0.5, 0.6) is 0 Å². The molecule has 6 nitrogen and oxygen atoms in total. The van der Waals surface area contributed by atoms with Gasteiger partial charge in [-0.05, 0) is 43.0 Å². The van der Waals surface area contributed by atoms with Crippen LogP contribution in [0.1, 0.15) is 22.6 Å². The van der Waals surface area contributed by atoms with Crippen LogP contribution in [0.25, 0.3) is 9.88 Å². The zero-order valence-corrected chi connectivity index (χ0v) is 20.3. The van der Waals surface area contributed by atoms with Gasteiger partial charge in [0.1, 0.15) is 11.6 Å². The summed E-state index contributed by atoms with van der Waals surface area (Å²) in [6.45, 7) is 7.59. The number of rotatable bonds is 5. The van der Waals surface area contributed by atoms with Gasteiger partial charge in [-0.1, -0.05) is 41.1 Å².